The Kier molecular flexibility index (Phi) is 42.6. The molecule has 2 heterocycles. The Bertz CT molecular complexity index is 4900. The Morgan fingerprint density at radius 1 is 0.594 bits per heavy atom. The SMILES string of the molecule is C/C=C/C[C@@H](C)[C@@H](O)[C@H]1C(=O)N[C@@H](CC)C(=O)N(C)CC(=O)N(C)[C@@H](CC(C)C)C(=O)N[C@@H](C(C)C)C(=O)N(C)[C@@H](CC(C)C)C(=O)N[C@@H](C)C(=O)N[C@H](C)C(=O)N(C)[C@@H](CC(C)C)C(=O)N(C)[C@@H](CC(C)C)C(=O)N(C)[C@@H](C(C)C)C(=O)N1C.CC(=O)O[C@@]12CO[C@@H]1C[C@H](O)[C@@]1(C)C(=O)[C@H](O)C3=C(C)[C@@H](OC(=O)[C@H](O)[C@@H](NC(=O)OC(C)(C)C)c4ccccc4)C[C@@](O)([C@@H](OC(=O)c4ccccc4)[C@H]21)C3(C)C. The zero-order valence-corrected chi connectivity index (χ0v) is 90.0. The molecule has 143 heavy (non-hydrogen) atoms. The molecule has 12 amide bonds. The van der Waals surface area contributed by atoms with Crippen LogP contribution in [0, 0.1) is 58.2 Å². The number of nitrogens with one attached hydrogen (secondary N) is 5. The minimum absolute atomic E-state index is 0.0229. The first-order valence-electron chi connectivity index (χ1n) is 49.9. The van der Waals surface area contributed by atoms with Gasteiger partial charge in [-0.05, 0) is 164 Å². The summed E-state index contributed by atoms with van der Waals surface area (Å²) in [7, 11) is 9.92. The Morgan fingerprint density at radius 3 is 1.57 bits per heavy atom. The van der Waals surface area contributed by atoms with Crippen LogP contribution < -0.4 is 26.6 Å². The van der Waals surface area contributed by atoms with Gasteiger partial charge in [-0.15, -0.1) is 0 Å². The second kappa shape index (κ2) is 50.3. The molecule has 10 N–H and O–H groups in total. The molecule has 0 radical (unpaired) electrons. The van der Waals surface area contributed by atoms with Gasteiger partial charge in [0, 0.05) is 74.5 Å². The number of allylic oxidation sites excluding steroid dienone is 2. The smallest absolute Gasteiger partial charge is 0.408 e. The molecule has 2 aliphatic heterocycles. The molecule has 2 aromatic rings. The van der Waals surface area contributed by atoms with Gasteiger partial charge in [0.1, 0.15) is 96.0 Å². The van der Waals surface area contributed by atoms with E-state index in [0.29, 0.717) is 12.0 Å². The quantitative estimate of drug-likeness (QED) is 0.0321. The molecule has 3 aliphatic carbocycles. The van der Waals surface area contributed by atoms with Gasteiger partial charge in [-0.1, -0.05) is 171 Å². The summed E-state index contributed by atoms with van der Waals surface area (Å²) < 4.78 is 29.5. The largest absolute Gasteiger partial charge is 0.456 e. The van der Waals surface area contributed by atoms with E-state index in [1.807, 2.05) is 61.5 Å². The van der Waals surface area contributed by atoms with Gasteiger partial charge in [0.15, 0.2) is 17.5 Å². The first kappa shape index (κ1) is 121. The van der Waals surface area contributed by atoms with Crippen molar-refractivity contribution >= 4 is 94.8 Å². The van der Waals surface area contributed by atoms with Crippen LogP contribution in [0.1, 0.15) is 246 Å². The van der Waals surface area contributed by atoms with E-state index in [-0.39, 0.29) is 85.5 Å². The van der Waals surface area contributed by atoms with Gasteiger partial charge < -0.3 is 110 Å². The van der Waals surface area contributed by atoms with Crippen molar-refractivity contribution in [1.29, 1.82) is 0 Å². The van der Waals surface area contributed by atoms with Crippen LogP contribution in [0.4, 0.5) is 4.79 Å². The Balaban J connectivity index is 0.000000467. The van der Waals surface area contributed by atoms with Crippen molar-refractivity contribution in [2.75, 3.05) is 62.5 Å². The zero-order valence-electron chi connectivity index (χ0n) is 90.0. The van der Waals surface area contributed by atoms with Crippen molar-refractivity contribution in [1.82, 2.24) is 60.9 Å². The number of ketones is 1. The average Bonchev–Trinajstić information content (AvgIpc) is 0.666. The van der Waals surface area contributed by atoms with Crippen LogP contribution >= 0.6 is 0 Å². The number of hydrogen-bond acceptors (Lipinski definition) is 26. The summed E-state index contributed by atoms with van der Waals surface area (Å²) in [6.45, 7) is 41.1. The van der Waals surface area contributed by atoms with E-state index in [1.54, 1.807) is 138 Å². The topological polar surface area (TPSA) is 503 Å². The summed E-state index contributed by atoms with van der Waals surface area (Å²) in [6.07, 6.45) is -8.44. The molecule has 5 aliphatic rings. The number of fused-ring (bicyclic) bond motifs is 5. The summed E-state index contributed by atoms with van der Waals surface area (Å²) >= 11 is 0. The van der Waals surface area contributed by atoms with Crippen LogP contribution in [0.25, 0.3) is 0 Å². The maximum atomic E-state index is 15.1. The van der Waals surface area contributed by atoms with E-state index in [0.717, 1.165) is 16.7 Å². The summed E-state index contributed by atoms with van der Waals surface area (Å²) in [6, 6.07) is 2.30. The molecule has 0 aromatic heterocycles. The number of rotatable bonds is 23. The molecule has 2 saturated carbocycles. The van der Waals surface area contributed by atoms with E-state index in [9.17, 15) is 92.7 Å². The number of hydrogen-bond donors (Lipinski definition) is 10. The fourth-order valence-electron chi connectivity index (χ4n) is 20.2. The second-order valence-corrected chi connectivity index (χ2v) is 43.7. The molecule has 7 rings (SSSR count). The van der Waals surface area contributed by atoms with Crippen molar-refractivity contribution in [3.8, 4) is 0 Å². The number of ether oxygens (including phenoxy) is 5. The number of carbonyl (C=O) groups excluding carboxylic acids is 16. The third-order valence-electron chi connectivity index (χ3n) is 28.6. The molecule has 23 atom stereocenters. The molecule has 800 valence electrons. The maximum Gasteiger partial charge on any atom is 0.408 e. The van der Waals surface area contributed by atoms with E-state index < -0.39 is 268 Å². The number of benzene rings is 2. The van der Waals surface area contributed by atoms with Crippen LogP contribution in [0.15, 0.2) is 84.0 Å². The number of Topliss-reactive ketones (excluding diaryl/α,β-unsaturated/α-hetero) is 1. The highest BCUT2D eigenvalue weighted by molar-refractivity contribution is 6.01. The molecule has 2 saturated heterocycles. The minimum atomic E-state index is -2.35. The number of likely N-dealkylation sites (N-methyl/N-ethyl adjacent to an activating group) is 7. The molecule has 2 bridgehead atoms. The Morgan fingerprint density at radius 2 is 1.08 bits per heavy atom. The average molecular weight is 2010 g/mol. The van der Waals surface area contributed by atoms with Crippen molar-refractivity contribution < 1.29 is 126 Å². The maximum absolute atomic E-state index is 15.1. The minimum Gasteiger partial charge on any atom is -0.456 e. The summed E-state index contributed by atoms with van der Waals surface area (Å²) in [5.41, 5.74) is -8.14. The van der Waals surface area contributed by atoms with Gasteiger partial charge in [0.2, 0.25) is 65.0 Å². The molecule has 38 nitrogen and oxygen atoms in total. The summed E-state index contributed by atoms with van der Waals surface area (Å²) in [5.74, 6) is -15.1. The first-order valence-corrected chi connectivity index (χ1v) is 49.9. The zero-order chi connectivity index (χ0) is 109. The third kappa shape index (κ3) is 28.1. The van der Waals surface area contributed by atoms with Crippen LogP contribution in [-0.4, -0.2) is 337 Å². The van der Waals surface area contributed by atoms with Crippen molar-refractivity contribution in [2.45, 2.75) is 350 Å². The van der Waals surface area contributed by atoms with E-state index in [2.05, 4.69) is 26.6 Å². The standard InChI is InChI=1S/C62H111N11O12.C43H53NO14/c1-25-27-28-40(15)52(75)51-56(79)65-43(26-2)58(81)67(18)33-48(74)68(19)44(29-34(3)4)55(78)66-49(38(11)12)61(84)69(20)45(30-35(5)6)54(77)63-41(16)53(76)64-42(17)57(80)70(21)46(31-36(7)8)59(82)71(22)47(32-37(9)10)60(83)72(23)50(39(13)14)62(85)73(51)24;1-22-26(55-37(51)32(48)30(24-15-11-9-12-16-24)44-38(52)58-39(3,4)5)20-43(53)35(56-36(50)25-17-13-10-14-18-25)33-41(8,34(49)31(47)29(22)40(43,6)7)27(46)19-28-42(33,21-54-28)57-23(2)45/h25,27,34-47,49-52,75H,26,28-33H2,1-24H3,(H,63,77)(H,64,76)(H,65,79)(H,66,78);9-18,26-28,30-33,35,46-48,53H,19-21H2,1-8H3,(H,44,52)/b27-25+;/t40-,41+,42-,43+,44+,45+,46+,47+,49+,50+,51+,52-;26-,27-,28+,30-,31+,32+,33-,35-,41+,42-,43+/m10/s1. The number of carbonyl (C=O) groups is 16. The lowest BCUT2D eigenvalue weighted by Gasteiger charge is -2.67. The van der Waals surface area contributed by atoms with Crippen molar-refractivity contribution in [3.63, 3.8) is 0 Å². The number of alkyl carbamates (subject to hydrolysis) is 1. The number of aliphatic hydroxyl groups is 5. The summed E-state index contributed by atoms with van der Waals surface area (Å²) in [5, 5.41) is 74.6. The molecule has 38 heteroatoms. The van der Waals surface area contributed by atoms with Gasteiger partial charge in [0.25, 0.3) is 0 Å². The molecular weight excluding hydrogens is 1850 g/mol. The van der Waals surface area contributed by atoms with Gasteiger partial charge in [-0.2, -0.15) is 0 Å². The normalized spacial score (nSPS) is 29.7. The number of aliphatic hydroxyl groups excluding tert-OH is 4. The highest BCUT2D eigenvalue weighted by atomic mass is 16.6. The second-order valence-electron chi connectivity index (χ2n) is 43.7. The number of amides is 12. The fraction of sp³-hybridized carbons (Fsp3) is 0.695. The Hall–Kier alpha value is -10.8. The van der Waals surface area contributed by atoms with E-state index in [4.69, 9.17) is 23.7 Å². The van der Waals surface area contributed by atoms with Gasteiger partial charge in [-0.3, -0.25) is 62.3 Å². The van der Waals surface area contributed by atoms with Crippen LogP contribution in [0.2, 0.25) is 0 Å². The van der Waals surface area contributed by atoms with Gasteiger partial charge in [-0.25, -0.2) is 14.4 Å². The van der Waals surface area contributed by atoms with Crippen LogP contribution in [0.3, 0.4) is 0 Å². The monoisotopic (exact) mass is 2010 g/mol. The van der Waals surface area contributed by atoms with Crippen LogP contribution in [-0.2, 0) is 90.8 Å². The molecule has 0 spiro atoms. The number of esters is 3. The third-order valence-corrected chi connectivity index (χ3v) is 28.6. The fourth-order valence-corrected chi connectivity index (χ4v) is 20.2. The predicted octanol–water partition coefficient (Wildman–Crippen LogP) is 6.53. The van der Waals surface area contributed by atoms with E-state index >= 15 is 9.59 Å². The highest BCUT2D eigenvalue weighted by Gasteiger charge is 2.78. The lowest BCUT2D eigenvalue weighted by molar-refractivity contribution is -0.346. The van der Waals surface area contributed by atoms with E-state index in [1.165, 1.54) is 114 Å². The molecule has 4 fully saturated rings. The molecule has 2 aromatic carbocycles. The Labute approximate surface area is 843 Å². The lowest BCUT2D eigenvalue weighted by atomic mass is 9.44. The summed E-state index contributed by atoms with van der Waals surface area (Å²) in [4.78, 5) is 237. The van der Waals surface area contributed by atoms with Crippen molar-refractivity contribution in [3.05, 3.63) is 95.1 Å². The lowest BCUT2D eigenvalue weighted by Crippen LogP contribution is -2.81. The van der Waals surface area contributed by atoms with Gasteiger partial charge in [0.05, 0.1) is 48.3 Å². The highest BCUT2D eigenvalue weighted by Crippen LogP contribution is 2.64. The predicted molar refractivity (Wildman–Crippen MR) is 532 cm³/mol. The first-order chi connectivity index (χ1) is 66.2. The van der Waals surface area contributed by atoms with Crippen molar-refractivity contribution in [2.24, 2.45) is 58.2 Å². The molecule has 0 unspecified atom stereocenters. The van der Waals surface area contributed by atoms with Crippen LogP contribution in [0.5, 0.6) is 0 Å². The number of nitrogens with zero attached hydrogens (tertiary/aromatic N) is 7. The van der Waals surface area contributed by atoms with Gasteiger partial charge >= 0.3 is 24.0 Å². The molecular formula is C105H164N12O26.